The number of aromatic nitrogens is 1. The quantitative estimate of drug-likeness (QED) is 0.530. The standard InChI is InChI=1S/C22H21N3O2S/c1-25(2)14-17(15-8-4-3-5-9-15)23-21(26)18-12-13-19(27-18)22-24-16-10-6-7-11-20(16)28-22/h3-13,17H,14H2,1-2H3,(H,23,26)/p+1/t17-/m1/s1. The van der Waals surface area contributed by atoms with Crippen LogP contribution in [0.4, 0.5) is 0 Å². The van der Waals surface area contributed by atoms with Crippen LogP contribution in [0.3, 0.4) is 0 Å². The fourth-order valence-electron chi connectivity index (χ4n) is 3.13. The summed E-state index contributed by atoms with van der Waals surface area (Å²) in [4.78, 5) is 18.6. The molecule has 0 bridgehead atoms. The summed E-state index contributed by atoms with van der Waals surface area (Å²) in [6.07, 6.45) is 0. The molecule has 2 heterocycles. The topological polar surface area (TPSA) is 59.6 Å². The van der Waals surface area contributed by atoms with Crippen LogP contribution >= 0.6 is 11.3 Å². The number of carbonyl (C=O) groups excluding carboxylic acids is 1. The first-order chi connectivity index (χ1) is 13.6. The molecular weight excluding hydrogens is 370 g/mol. The molecule has 0 aliphatic heterocycles. The minimum atomic E-state index is -0.220. The van der Waals surface area contributed by atoms with Crippen LogP contribution in [0.1, 0.15) is 22.2 Å². The molecule has 2 aromatic heterocycles. The maximum Gasteiger partial charge on any atom is 0.287 e. The monoisotopic (exact) mass is 392 g/mol. The largest absolute Gasteiger partial charge is 0.448 e. The lowest BCUT2D eigenvalue weighted by molar-refractivity contribution is -0.860. The van der Waals surface area contributed by atoms with Crippen molar-refractivity contribution in [2.45, 2.75) is 6.04 Å². The van der Waals surface area contributed by atoms with Crippen molar-refractivity contribution in [2.24, 2.45) is 0 Å². The Labute approximate surface area is 167 Å². The Morgan fingerprint density at radius 3 is 2.57 bits per heavy atom. The maximum absolute atomic E-state index is 12.8. The van der Waals surface area contributed by atoms with Gasteiger partial charge in [-0.25, -0.2) is 4.98 Å². The molecular formula is C22H22N3O2S+. The van der Waals surface area contributed by atoms with Gasteiger partial charge in [-0.1, -0.05) is 42.5 Å². The zero-order chi connectivity index (χ0) is 19.5. The van der Waals surface area contributed by atoms with Crippen LogP contribution < -0.4 is 10.2 Å². The molecule has 6 heteroatoms. The van der Waals surface area contributed by atoms with Crippen molar-refractivity contribution >= 4 is 27.5 Å². The summed E-state index contributed by atoms with van der Waals surface area (Å²) >= 11 is 1.55. The molecule has 0 unspecified atom stereocenters. The highest BCUT2D eigenvalue weighted by Gasteiger charge is 2.21. The third-order valence-electron chi connectivity index (χ3n) is 4.45. The molecule has 0 saturated carbocycles. The first kappa shape index (κ1) is 18.4. The molecule has 28 heavy (non-hydrogen) atoms. The SMILES string of the molecule is C[NH+](C)C[C@@H](NC(=O)c1ccc(-c2nc3ccccc3s2)o1)c1ccccc1. The summed E-state index contributed by atoms with van der Waals surface area (Å²) < 4.78 is 6.93. The van der Waals surface area contributed by atoms with Crippen LogP contribution in [0.25, 0.3) is 21.0 Å². The van der Waals surface area contributed by atoms with E-state index in [-0.39, 0.29) is 11.9 Å². The summed E-state index contributed by atoms with van der Waals surface area (Å²) in [5.41, 5.74) is 2.01. The smallest absolute Gasteiger partial charge is 0.287 e. The number of hydrogen-bond acceptors (Lipinski definition) is 4. The van der Waals surface area contributed by atoms with E-state index in [0.29, 0.717) is 11.5 Å². The van der Waals surface area contributed by atoms with E-state index in [1.165, 1.54) is 4.90 Å². The van der Waals surface area contributed by atoms with Gasteiger partial charge in [-0.3, -0.25) is 4.79 Å². The third-order valence-corrected chi connectivity index (χ3v) is 5.51. The van der Waals surface area contributed by atoms with Gasteiger partial charge < -0.3 is 14.6 Å². The minimum Gasteiger partial charge on any atom is -0.448 e. The number of rotatable bonds is 6. The van der Waals surface area contributed by atoms with Crippen molar-refractivity contribution in [1.29, 1.82) is 0 Å². The van der Waals surface area contributed by atoms with E-state index in [9.17, 15) is 4.79 Å². The van der Waals surface area contributed by atoms with Gasteiger partial charge in [-0.15, -0.1) is 11.3 Å². The van der Waals surface area contributed by atoms with E-state index >= 15 is 0 Å². The van der Waals surface area contributed by atoms with Crippen molar-refractivity contribution in [3.8, 4) is 10.8 Å². The van der Waals surface area contributed by atoms with Gasteiger partial charge in [0.25, 0.3) is 5.91 Å². The summed E-state index contributed by atoms with van der Waals surface area (Å²) in [6.45, 7) is 0.779. The Kier molecular flexibility index (Phi) is 5.23. The van der Waals surface area contributed by atoms with Crippen LogP contribution in [0, 0.1) is 0 Å². The molecule has 1 atom stereocenters. The second kappa shape index (κ2) is 7.96. The number of furan rings is 1. The van der Waals surface area contributed by atoms with E-state index in [4.69, 9.17) is 4.42 Å². The molecule has 2 aromatic carbocycles. The fourth-order valence-corrected chi connectivity index (χ4v) is 4.06. The predicted molar refractivity (Wildman–Crippen MR) is 112 cm³/mol. The summed E-state index contributed by atoms with van der Waals surface area (Å²) in [5.74, 6) is 0.687. The van der Waals surface area contributed by atoms with Gasteiger partial charge in [0.05, 0.1) is 24.3 Å². The van der Waals surface area contributed by atoms with Crippen molar-refractivity contribution in [3.05, 3.63) is 78.1 Å². The zero-order valence-electron chi connectivity index (χ0n) is 15.8. The Balaban J connectivity index is 1.54. The highest BCUT2D eigenvalue weighted by molar-refractivity contribution is 7.21. The first-order valence-corrected chi connectivity index (χ1v) is 10.0. The lowest BCUT2D eigenvalue weighted by Crippen LogP contribution is -3.06. The molecule has 4 aromatic rings. The van der Waals surface area contributed by atoms with E-state index in [1.54, 1.807) is 23.5 Å². The van der Waals surface area contributed by atoms with E-state index < -0.39 is 0 Å². The second-order valence-electron chi connectivity index (χ2n) is 7.00. The third kappa shape index (κ3) is 3.98. The van der Waals surface area contributed by atoms with Gasteiger partial charge in [0.1, 0.15) is 12.6 Å². The number of quaternary nitrogens is 1. The normalized spacial score (nSPS) is 12.4. The molecule has 0 fully saturated rings. The number of hydrogen-bond donors (Lipinski definition) is 2. The van der Waals surface area contributed by atoms with Crippen LogP contribution in [-0.4, -0.2) is 31.5 Å². The molecule has 0 spiro atoms. The molecule has 5 nitrogen and oxygen atoms in total. The average molecular weight is 393 g/mol. The predicted octanol–water partition coefficient (Wildman–Crippen LogP) is 3.17. The number of benzene rings is 2. The van der Waals surface area contributed by atoms with Gasteiger partial charge in [-0.05, 0) is 29.8 Å². The van der Waals surface area contributed by atoms with Crippen LogP contribution in [0.2, 0.25) is 0 Å². The Bertz CT molecular complexity index is 1050. The van der Waals surface area contributed by atoms with Crippen molar-refractivity contribution in [2.75, 3.05) is 20.6 Å². The Morgan fingerprint density at radius 2 is 1.82 bits per heavy atom. The maximum atomic E-state index is 12.8. The first-order valence-electron chi connectivity index (χ1n) is 9.21. The number of likely N-dealkylation sites (N-methyl/N-ethyl adjacent to an activating group) is 1. The van der Waals surface area contributed by atoms with Gasteiger partial charge >= 0.3 is 0 Å². The number of carbonyl (C=O) groups is 1. The highest BCUT2D eigenvalue weighted by Crippen LogP contribution is 2.31. The second-order valence-corrected chi connectivity index (χ2v) is 8.03. The average Bonchev–Trinajstić information content (AvgIpc) is 3.34. The summed E-state index contributed by atoms with van der Waals surface area (Å²) in [6, 6.07) is 21.4. The van der Waals surface area contributed by atoms with E-state index in [0.717, 1.165) is 27.3 Å². The molecule has 0 saturated heterocycles. The zero-order valence-corrected chi connectivity index (χ0v) is 16.6. The summed E-state index contributed by atoms with van der Waals surface area (Å²) in [5, 5.41) is 3.88. The summed E-state index contributed by atoms with van der Waals surface area (Å²) in [7, 11) is 4.14. The van der Waals surface area contributed by atoms with Gasteiger partial charge in [0.15, 0.2) is 16.5 Å². The Hall–Kier alpha value is -2.96. The number of thiazole rings is 1. The van der Waals surface area contributed by atoms with E-state index in [2.05, 4.69) is 24.4 Å². The van der Waals surface area contributed by atoms with Gasteiger partial charge in [0.2, 0.25) is 0 Å². The molecule has 0 aliphatic rings. The highest BCUT2D eigenvalue weighted by atomic mass is 32.1. The van der Waals surface area contributed by atoms with Gasteiger partial charge in [-0.2, -0.15) is 0 Å². The van der Waals surface area contributed by atoms with Crippen LogP contribution in [0.5, 0.6) is 0 Å². The minimum absolute atomic E-state index is 0.0882. The molecule has 0 radical (unpaired) electrons. The van der Waals surface area contributed by atoms with E-state index in [1.807, 2.05) is 54.6 Å². The lowest BCUT2D eigenvalue weighted by atomic mass is 10.1. The van der Waals surface area contributed by atoms with Crippen molar-refractivity contribution in [3.63, 3.8) is 0 Å². The molecule has 2 N–H and O–H groups in total. The van der Waals surface area contributed by atoms with Gasteiger partial charge in [0, 0.05) is 0 Å². The number of amides is 1. The lowest BCUT2D eigenvalue weighted by Gasteiger charge is -2.20. The number of nitrogens with zero attached hydrogens (tertiary/aromatic N) is 1. The fraction of sp³-hybridized carbons (Fsp3) is 0.182. The molecule has 0 aliphatic carbocycles. The number of para-hydroxylation sites is 1. The molecule has 1 amide bonds. The molecule has 4 rings (SSSR count). The Morgan fingerprint density at radius 1 is 1.07 bits per heavy atom. The number of fused-ring (bicyclic) bond motifs is 1. The van der Waals surface area contributed by atoms with Crippen molar-refractivity contribution in [1.82, 2.24) is 10.3 Å². The van der Waals surface area contributed by atoms with Crippen LogP contribution in [-0.2, 0) is 0 Å². The number of nitrogens with one attached hydrogen (secondary N) is 2. The molecule has 142 valence electrons. The van der Waals surface area contributed by atoms with Crippen LogP contribution in [0.15, 0.2) is 71.1 Å². The van der Waals surface area contributed by atoms with Crippen molar-refractivity contribution < 1.29 is 14.1 Å².